The van der Waals surface area contributed by atoms with Crippen LogP contribution < -0.4 is 11.1 Å². The van der Waals surface area contributed by atoms with E-state index in [4.69, 9.17) is 5.73 Å². The molecule has 0 aliphatic heterocycles. The molecule has 0 saturated heterocycles. The lowest BCUT2D eigenvalue weighted by atomic mass is 9.72. The number of benzene rings is 1. The monoisotopic (exact) mass is 284 g/mol. The van der Waals surface area contributed by atoms with Crippen molar-refractivity contribution >= 4 is 17.8 Å². The van der Waals surface area contributed by atoms with Crippen LogP contribution in [0, 0.1) is 11.8 Å². The van der Waals surface area contributed by atoms with E-state index in [9.17, 15) is 9.59 Å². The highest BCUT2D eigenvalue weighted by Crippen LogP contribution is 2.34. The Morgan fingerprint density at radius 2 is 1.90 bits per heavy atom. The maximum absolute atomic E-state index is 12.1. The van der Waals surface area contributed by atoms with E-state index in [1.165, 1.54) is 0 Å². The van der Waals surface area contributed by atoms with Gasteiger partial charge in [0, 0.05) is 11.8 Å². The molecule has 1 fully saturated rings. The van der Waals surface area contributed by atoms with E-state index >= 15 is 0 Å². The van der Waals surface area contributed by atoms with Gasteiger partial charge < -0.3 is 10.7 Å². The molecule has 2 unspecified atom stereocenters. The Kier molecular flexibility index (Phi) is 3.43. The summed E-state index contributed by atoms with van der Waals surface area (Å²) in [6.45, 7) is 0. The Hall–Kier alpha value is -2.63. The number of carbonyl (C=O) groups is 2. The Morgan fingerprint density at radius 3 is 2.52 bits per heavy atom. The van der Waals surface area contributed by atoms with Crippen molar-refractivity contribution in [3.63, 3.8) is 0 Å². The molecule has 6 heteroatoms. The van der Waals surface area contributed by atoms with Gasteiger partial charge in [0.15, 0.2) is 0 Å². The molecule has 4 N–H and O–H groups in total. The lowest BCUT2D eigenvalue weighted by Gasteiger charge is -2.32. The van der Waals surface area contributed by atoms with Gasteiger partial charge in [0.05, 0.1) is 11.9 Å². The van der Waals surface area contributed by atoms with Crippen LogP contribution in [0.1, 0.15) is 12.8 Å². The smallest absolute Gasteiger partial charge is 0.230 e. The number of imidazole rings is 1. The van der Waals surface area contributed by atoms with Gasteiger partial charge in [0.25, 0.3) is 0 Å². The molecule has 2 atom stereocenters. The number of H-pyrrole nitrogens is 1. The van der Waals surface area contributed by atoms with E-state index in [1.54, 1.807) is 6.20 Å². The zero-order valence-corrected chi connectivity index (χ0v) is 11.4. The first kappa shape index (κ1) is 13.4. The normalized spacial score (nSPS) is 20.6. The number of hydrogen-bond acceptors (Lipinski definition) is 3. The first-order chi connectivity index (χ1) is 10.1. The molecule has 1 aromatic heterocycles. The third-order valence-corrected chi connectivity index (χ3v) is 3.88. The molecule has 6 nitrogen and oxygen atoms in total. The molecule has 108 valence electrons. The fraction of sp³-hybridized carbons (Fsp3) is 0.267. The van der Waals surface area contributed by atoms with E-state index in [0.29, 0.717) is 18.8 Å². The van der Waals surface area contributed by atoms with Gasteiger partial charge in [-0.2, -0.15) is 0 Å². The number of nitrogens with one attached hydrogen (secondary N) is 2. The predicted octanol–water partition coefficient (Wildman–Crippen LogP) is 1.53. The quantitative estimate of drug-likeness (QED) is 0.793. The molecule has 2 aromatic rings. The van der Waals surface area contributed by atoms with Crippen LogP contribution in [-0.4, -0.2) is 21.8 Å². The van der Waals surface area contributed by atoms with Crippen molar-refractivity contribution in [3.8, 4) is 11.3 Å². The molecule has 1 aliphatic rings. The van der Waals surface area contributed by atoms with Crippen molar-refractivity contribution in [2.24, 2.45) is 17.6 Å². The third-order valence-electron chi connectivity index (χ3n) is 3.88. The lowest BCUT2D eigenvalue weighted by Crippen LogP contribution is -2.44. The number of amides is 2. The average molecular weight is 284 g/mol. The summed E-state index contributed by atoms with van der Waals surface area (Å²) in [6.07, 6.45) is 3.03. The summed E-state index contributed by atoms with van der Waals surface area (Å²) in [4.78, 5) is 30.4. The number of nitrogens with two attached hydrogens (primary N) is 1. The minimum atomic E-state index is -0.411. The molecular formula is C15H16N4O2. The standard InChI is InChI=1S/C15H16N4O2/c16-13(20)10-6-7-11(10)14(21)19-15-17-8-12(18-15)9-4-2-1-3-5-9/h1-5,8,10-11H,6-7H2,(H2,16,20)(H2,17,18,19,21). The van der Waals surface area contributed by atoms with Gasteiger partial charge in [-0.15, -0.1) is 0 Å². The molecule has 3 rings (SSSR count). The van der Waals surface area contributed by atoms with Crippen LogP contribution >= 0.6 is 0 Å². The number of nitrogens with zero attached hydrogens (tertiary/aromatic N) is 1. The number of carbonyl (C=O) groups excluding carboxylic acids is 2. The van der Waals surface area contributed by atoms with E-state index < -0.39 is 5.91 Å². The first-order valence-electron chi connectivity index (χ1n) is 6.86. The molecular weight excluding hydrogens is 268 g/mol. The summed E-state index contributed by atoms with van der Waals surface area (Å²) in [5, 5.41) is 2.71. The van der Waals surface area contributed by atoms with Gasteiger partial charge in [0.2, 0.25) is 17.8 Å². The van der Waals surface area contributed by atoms with Crippen molar-refractivity contribution < 1.29 is 9.59 Å². The second-order valence-electron chi connectivity index (χ2n) is 5.19. The van der Waals surface area contributed by atoms with Crippen molar-refractivity contribution in [1.29, 1.82) is 0 Å². The summed E-state index contributed by atoms with van der Waals surface area (Å²) in [7, 11) is 0. The Balaban J connectivity index is 1.68. The van der Waals surface area contributed by atoms with Gasteiger partial charge in [-0.1, -0.05) is 30.3 Å². The molecule has 21 heavy (non-hydrogen) atoms. The van der Waals surface area contributed by atoms with Crippen LogP contribution in [-0.2, 0) is 9.59 Å². The minimum absolute atomic E-state index is 0.209. The van der Waals surface area contributed by atoms with Crippen LogP contribution in [0.4, 0.5) is 5.95 Å². The largest absolute Gasteiger partial charge is 0.369 e. The van der Waals surface area contributed by atoms with Crippen LogP contribution in [0.5, 0.6) is 0 Å². The molecule has 1 saturated carbocycles. The second kappa shape index (κ2) is 5.40. The van der Waals surface area contributed by atoms with Gasteiger partial charge >= 0.3 is 0 Å². The predicted molar refractivity (Wildman–Crippen MR) is 78.1 cm³/mol. The van der Waals surface area contributed by atoms with Crippen molar-refractivity contribution in [1.82, 2.24) is 9.97 Å². The number of anilines is 1. The summed E-state index contributed by atoms with van der Waals surface area (Å²) in [5.41, 5.74) is 7.07. The van der Waals surface area contributed by atoms with E-state index in [-0.39, 0.29) is 17.7 Å². The summed E-state index contributed by atoms with van der Waals surface area (Å²) >= 11 is 0. The van der Waals surface area contributed by atoms with Gasteiger partial charge in [0.1, 0.15) is 0 Å². The average Bonchev–Trinajstić information content (AvgIpc) is 2.86. The molecule has 1 heterocycles. The van der Waals surface area contributed by atoms with Gasteiger partial charge in [-0.25, -0.2) is 4.98 Å². The van der Waals surface area contributed by atoms with Gasteiger partial charge in [-0.05, 0) is 18.4 Å². The highest BCUT2D eigenvalue weighted by atomic mass is 16.2. The van der Waals surface area contributed by atoms with E-state index in [0.717, 1.165) is 11.3 Å². The van der Waals surface area contributed by atoms with Crippen LogP contribution in [0.25, 0.3) is 11.3 Å². The van der Waals surface area contributed by atoms with Crippen LogP contribution in [0.3, 0.4) is 0 Å². The summed E-state index contributed by atoms with van der Waals surface area (Å²) in [5.74, 6) is -0.930. The van der Waals surface area contributed by atoms with E-state index in [1.807, 2.05) is 30.3 Å². The van der Waals surface area contributed by atoms with Crippen molar-refractivity contribution in [2.75, 3.05) is 5.32 Å². The first-order valence-corrected chi connectivity index (χ1v) is 6.86. The van der Waals surface area contributed by atoms with Gasteiger partial charge in [-0.3, -0.25) is 14.9 Å². The molecule has 0 bridgehead atoms. The molecule has 2 amide bonds. The Labute approximate surface area is 121 Å². The maximum atomic E-state index is 12.1. The maximum Gasteiger partial charge on any atom is 0.230 e. The molecule has 0 spiro atoms. The van der Waals surface area contributed by atoms with E-state index in [2.05, 4.69) is 15.3 Å². The lowest BCUT2D eigenvalue weighted by molar-refractivity contribution is -0.135. The fourth-order valence-corrected chi connectivity index (χ4v) is 2.51. The Morgan fingerprint density at radius 1 is 1.19 bits per heavy atom. The molecule has 0 radical (unpaired) electrons. The molecule has 1 aliphatic carbocycles. The zero-order chi connectivity index (χ0) is 14.8. The number of aromatic amines is 1. The highest BCUT2D eigenvalue weighted by Gasteiger charge is 2.40. The zero-order valence-electron chi connectivity index (χ0n) is 11.4. The molecule has 1 aromatic carbocycles. The minimum Gasteiger partial charge on any atom is -0.369 e. The van der Waals surface area contributed by atoms with Crippen LogP contribution in [0.2, 0.25) is 0 Å². The summed E-state index contributed by atoms with van der Waals surface area (Å²) in [6, 6.07) is 9.70. The Bertz CT molecular complexity index is 665. The third kappa shape index (κ3) is 2.65. The SMILES string of the molecule is NC(=O)C1CCC1C(=O)Nc1ncc(-c2ccccc2)[nH]1. The fourth-order valence-electron chi connectivity index (χ4n) is 2.51. The summed E-state index contributed by atoms with van der Waals surface area (Å²) < 4.78 is 0. The number of primary amides is 1. The highest BCUT2D eigenvalue weighted by molar-refractivity contribution is 5.96. The number of hydrogen-bond donors (Lipinski definition) is 3. The second-order valence-corrected chi connectivity index (χ2v) is 5.19. The number of rotatable bonds is 4. The number of aromatic nitrogens is 2. The topological polar surface area (TPSA) is 101 Å². The van der Waals surface area contributed by atoms with Crippen molar-refractivity contribution in [3.05, 3.63) is 36.5 Å². The van der Waals surface area contributed by atoms with Crippen molar-refractivity contribution in [2.45, 2.75) is 12.8 Å². The van der Waals surface area contributed by atoms with Crippen LogP contribution in [0.15, 0.2) is 36.5 Å².